The second kappa shape index (κ2) is 9.24. The van der Waals surface area contributed by atoms with E-state index in [9.17, 15) is 4.79 Å². The topological polar surface area (TPSA) is 73.5 Å². The summed E-state index contributed by atoms with van der Waals surface area (Å²) in [4.78, 5) is 22.7. The van der Waals surface area contributed by atoms with Gasteiger partial charge in [0.1, 0.15) is 5.52 Å². The number of nitrogens with zero attached hydrogens (tertiary/aromatic N) is 5. The van der Waals surface area contributed by atoms with E-state index in [1.807, 2.05) is 45.5 Å². The van der Waals surface area contributed by atoms with Gasteiger partial charge in [0.25, 0.3) is 5.56 Å². The molecule has 0 N–H and O–H groups in total. The lowest BCUT2D eigenvalue weighted by Crippen LogP contribution is -2.46. The van der Waals surface area contributed by atoms with Crippen molar-refractivity contribution < 1.29 is 14.2 Å². The summed E-state index contributed by atoms with van der Waals surface area (Å²) < 4.78 is 19.9. The molecule has 9 nitrogen and oxygen atoms in total. The van der Waals surface area contributed by atoms with Crippen LogP contribution in [0.25, 0.3) is 16.7 Å². The number of hydrogen-bond acceptors (Lipinski definition) is 7. The fourth-order valence-electron chi connectivity index (χ4n) is 5.06. The summed E-state index contributed by atoms with van der Waals surface area (Å²) in [6, 6.07) is 13.7. The SMILES string of the molecule is COc1ccc2c(n1)n1cccc1c(=O)n2CCCN1CCN(Cc2ccc3c(c2)OCO3)CC1. The number of ether oxygens (including phenoxy) is 3. The maximum Gasteiger partial charge on any atom is 0.275 e. The Morgan fingerprint density at radius 1 is 0.943 bits per heavy atom. The molecule has 9 heteroatoms. The zero-order valence-corrected chi connectivity index (χ0v) is 19.9. The lowest BCUT2D eigenvalue weighted by Gasteiger charge is -2.34. The molecule has 3 aromatic heterocycles. The van der Waals surface area contributed by atoms with Gasteiger partial charge in [0.15, 0.2) is 17.1 Å². The van der Waals surface area contributed by atoms with Gasteiger partial charge in [-0.2, -0.15) is 4.98 Å². The normalized spacial score (nSPS) is 16.4. The second-order valence-corrected chi connectivity index (χ2v) is 9.08. The average Bonchev–Trinajstić information content (AvgIpc) is 3.57. The molecule has 182 valence electrons. The lowest BCUT2D eigenvalue weighted by molar-refractivity contribution is 0.125. The highest BCUT2D eigenvalue weighted by Gasteiger charge is 2.19. The van der Waals surface area contributed by atoms with Gasteiger partial charge in [-0.05, 0) is 48.9 Å². The predicted molar refractivity (Wildman–Crippen MR) is 132 cm³/mol. The van der Waals surface area contributed by atoms with E-state index in [0.29, 0.717) is 24.7 Å². The Labute approximate surface area is 203 Å². The Balaban J connectivity index is 1.08. The Kier molecular flexibility index (Phi) is 5.79. The van der Waals surface area contributed by atoms with Gasteiger partial charge in [0.2, 0.25) is 12.7 Å². The average molecular weight is 476 g/mol. The van der Waals surface area contributed by atoms with Gasteiger partial charge in [-0.3, -0.25) is 14.1 Å². The van der Waals surface area contributed by atoms with Crippen LogP contribution in [0.15, 0.2) is 53.5 Å². The molecular formula is C26H29N5O4. The largest absolute Gasteiger partial charge is 0.481 e. The van der Waals surface area contributed by atoms with Crippen LogP contribution < -0.4 is 19.8 Å². The molecule has 0 unspecified atom stereocenters. The molecule has 2 aliphatic rings. The molecule has 0 radical (unpaired) electrons. The van der Waals surface area contributed by atoms with Crippen molar-refractivity contribution in [1.29, 1.82) is 0 Å². The van der Waals surface area contributed by atoms with Crippen molar-refractivity contribution in [3.05, 3.63) is 64.6 Å². The fraction of sp³-hybridized carbons (Fsp3) is 0.385. The Morgan fingerprint density at radius 3 is 2.63 bits per heavy atom. The summed E-state index contributed by atoms with van der Waals surface area (Å²) in [7, 11) is 1.60. The molecule has 1 saturated heterocycles. The van der Waals surface area contributed by atoms with Gasteiger partial charge in [-0.25, -0.2) is 0 Å². The molecule has 0 spiro atoms. The number of benzene rings is 1. The van der Waals surface area contributed by atoms with E-state index in [1.165, 1.54) is 5.56 Å². The van der Waals surface area contributed by atoms with Gasteiger partial charge < -0.3 is 23.7 Å². The molecule has 0 saturated carbocycles. The van der Waals surface area contributed by atoms with Gasteiger partial charge in [0, 0.05) is 51.5 Å². The molecule has 0 atom stereocenters. The first-order valence-electron chi connectivity index (χ1n) is 12.1. The molecular weight excluding hydrogens is 446 g/mol. The zero-order chi connectivity index (χ0) is 23.8. The molecule has 35 heavy (non-hydrogen) atoms. The molecule has 1 aromatic carbocycles. The summed E-state index contributed by atoms with van der Waals surface area (Å²) in [6.07, 6.45) is 2.78. The standard InChI is InChI=1S/C26H29N5O4/c1-33-24-8-6-20-25(27-24)30-10-2-4-21(30)26(32)31(20)11-3-9-28-12-14-29(15-13-28)17-19-5-7-22-23(16-19)35-18-34-22/h2,4-8,10,16H,3,9,11-15,17-18H2,1H3. The van der Waals surface area contributed by atoms with Crippen molar-refractivity contribution in [2.45, 2.75) is 19.5 Å². The summed E-state index contributed by atoms with van der Waals surface area (Å²) in [5.74, 6) is 2.21. The van der Waals surface area contributed by atoms with Crippen LogP contribution in [-0.2, 0) is 13.1 Å². The summed E-state index contributed by atoms with van der Waals surface area (Å²) in [6.45, 7) is 6.94. The highest BCUT2D eigenvalue weighted by molar-refractivity contribution is 5.75. The van der Waals surface area contributed by atoms with Crippen LogP contribution in [0.3, 0.4) is 0 Å². The van der Waals surface area contributed by atoms with Gasteiger partial charge in [-0.15, -0.1) is 0 Å². The van der Waals surface area contributed by atoms with Crippen LogP contribution in [0.4, 0.5) is 0 Å². The first kappa shape index (κ1) is 21.9. The van der Waals surface area contributed by atoms with Crippen molar-refractivity contribution in [2.75, 3.05) is 46.6 Å². The molecule has 5 heterocycles. The van der Waals surface area contributed by atoms with Crippen molar-refractivity contribution in [3.8, 4) is 17.4 Å². The van der Waals surface area contributed by atoms with E-state index in [2.05, 4.69) is 26.9 Å². The first-order chi connectivity index (χ1) is 17.2. The predicted octanol–water partition coefficient (Wildman–Crippen LogP) is 2.59. The van der Waals surface area contributed by atoms with E-state index in [0.717, 1.165) is 68.4 Å². The third kappa shape index (κ3) is 4.21. The lowest BCUT2D eigenvalue weighted by atomic mass is 10.1. The zero-order valence-electron chi connectivity index (χ0n) is 19.9. The Morgan fingerprint density at radius 2 is 1.77 bits per heavy atom. The van der Waals surface area contributed by atoms with Gasteiger partial charge in [-0.1, -0.05) is 6.07 Å². The number of piperazine rings is 1. The fourth-order valence-corrected chi connectivity index (χ4v) is 5.06. The number of rotatable bonds is 7. The number of pyridine rings is 1. The van der Waals surface area contributed by atoms with Crippen molar-refractivity contribution in [1.82, 2.24) is 23.8 Å². The summed E-state index contributed by atoms with van der Waals surface area (Å²) in [5, 5.41) is 0. The minimum atomic E-state index is 0.0167. The van der Waals surface area contributed by atoms with E-state index in [1.54, 1.807) is 7.11 Å². The maximum atomic E-state index is 13.2. The number of aryl methyl sites for hydroxylation is 1. The van der Waals surface area contributed by atoms with Crippen LogP contribution >= 0.6 is 0 Å². The maximum absolute atomic E-state index is 13.2. The van der Waals surface area contributed by atoms with Crippen LogP contribution in [-0.4, -0.2) is 70.4 Å². The van der Waals surface area contributed by atoms with Crippen LogP contribution in [0.1, 0.15) is 12.0 Å². The quantitative estimate of drug-likeness (QED) is 0.407. The summed E-state index contributed by atoms with van der Waals surface area (Å²) >= 11 is 0. The molecule has 1 fully saturated rings. The minimum absolute atomic E-state index is 0.0167. The Hall–Kier alpha value is -3.56. The minimum Gasteiger partial charge on any atom is -0.481 e. The van der Waals surface area contributed by atoms with E-state index < -0.39 is 0 Å². The molecule has 2 aliphatic heterocycles. The van der Waals surface area contributed by atoms with Crippen LogP contribution in [0, 0.1) is 0 Å². The summed E-state index contributed by atoms with van der Waals surface area (Å²) in [5.41, 5.74) is 3.47. The molecule has 4 aromatic rings. The molecule has 0 aliphatic carbocycles. The van der Waals surface area contributed by atoms with E-state index >= 15 is 0 Å². The van der Waals surface area contributed by atoms with Gasteiger partial charge in [0.05, 0.1) is 12.6 Å². The number of methoxy groups -OCH3 is 1. The van der Waals surface area contributed by atoms with Crippen molar-refractivity contribution in [3.63, 3.8) is 0 Å². The molecule has 0 amide bonds. The number of hydrogen-bond donors (Lipinski definition) is 0. The highest BCUT2D eigenvalue weighted by atomic mass is 16.7. The number of fused-ring (bicyclic) bond motifs is 4. The third-order valence-electron chi connectivity index (χ3n) is 6.93. The van der Waals surface area contributed by atoms with Crippen molar-refractivity contribution >= 4 is 16.7 Å². The number of aromatic nitrogens is 3. The monoisotopic (exact) mass is 475 g/mol. The Bertz CT molecular complexity index is 1420. The third-order valence-corrected chi connectivity index (χ3v) is 6.93. The van der Waals surface area contributed by atoms with E-state index in [-0.39, 0.29) is 5.56 Å². The van der Waals surface area contributed by atoms with Crippen molar-refractivity contribution in [2.24, 2.45) is 0 Å². The van der Waals surface area contributed by atoms with Crippen LogP contribution in [0.2, 0.25) is 0 Å². The van der Waals surface area contributed by atoms with E-state index in [4.69, 9.17) is 14.2 Å². The smallest absolute Gasteiger partial charge is 0.275 e. The van der Waals surface area contributed by atoms with Gasteiger partial charge >= 0.3 is 0 Å². The first-order valence-corrected chi connectivity index (χ1v) is 12.1. The highest BCUT2D eigenvalue weighted by Crippen LogP contribution is 2.32. The second-order valence-electron chi connectivity index (χ2n) is 9.08. The molecule has 6 rings (SSSR count). The molecule has 0 bridgehead atoms. The van der Waals surface area contributed by atoms with Crippen LogP contribution in [0.5, 0.6) is 17.4 Å².